The summed E-state index contributed by atoms with van der Waals surface area (Å²) in [5.74, 6) is 0.782. The maximum Gasteiger partial charge on any atom is 0.272 e. The summed E-state index contributed by atoms with van der Waals surface area (Å²) in [6.45, 7) is 3.92. The molecule has 0 fully saturated rings. The number of rotatable bonds is 7. The van der Waals surface area contributed by atoms with E-state index < -0.39 is 0 Å². The van der Waals surface area contributed by atoms with Gasteiger partial charge in [0.25, 0.3) is 5.91 Å². The van der Waals surface area contributed by atoms with Crippen molar-refractivity contribution in [3.8, 4) is 0 Å². The van der Waals surface area contributed by atoms with Gasteiger partial charge in [-0.1, -0.05) is 18.2 Å². The van der Waals surface area contributed by atoms with E-state index in [2.05, 4.69) is 20.0 Å². The number of nitrogens with one attached hydrogen (secondary N) is 1. The second kappa shape index (κ2) is 7.48. The Morgan fingerprint density at radius 1 is 1.32 bits per heavy atom. The van der Waals surface area contributed by atoms with Crippen LogP contribution in [-0.4, -0.2) is 45.5 Å². The Hall–Kier alpha value is -2.67. The number of methoxy groups -OCH3 is 1. The van der Waals surface area contributed by atoms with Crippen molar-refractivity contribution in [3.63, 3.8) is 0 Å². The van der Waals surface area contributed by atoms with Gasteiger partial charge < -0.3 is 14.6 Å². The van der Waals surface area contributed by atoms with Gasteiger partial charge in [-0.25, -0.2) is 4.98 Å². The van der Waals surface area contributed by atoms with Crippen LogP contribution < -0.4 is 5.32 Å². The van der Waals surface area contributed by atoms with Crippen molar-refractivity contribution in [1.82, 2.24) is 24.6 Å². The van der Waals surface area contributed by atoms with E-state index in [1.165, 1.54) is 0 Å². The van der Waals surface area contributed by atoms with Gasteiger partial charge in [-0.05, 0) is 13.0 Å². The zero-order valence-corrected chi connectivity index (χ0v) is 14.8. The molecule has 0 unspecified atom stereocenters. The lowest BCUT2D eigenvalue weighted by atomic mass is 10.2. The van der Waals surface area contributed by atoms with Crippen LogP contribution in [0.2, 0.25) is 0 Å². The fourth-order valence-corrected chi connectivity index (χ4v) is 2.95. The van der Waals surface area contributed by atoms with Crippen molar-refractivity contribution < 1.29 is 9.53 Å². The van der Waals surface area contributed by atoms with Crippen molar-refractivity contribution >= 4 is 16.8 Å². The minimum atomic E-state index is -0.163. The number of benzene rings is 1. The van der Waals surface area contributed by atoms with Crippen LogP contribution in [0, 0.1) is 6.92 Å². The quantitative estimate of drug-likeness (QED) is 0.710. The number of carbonyl (C=O) groups is 1. The van der Waals surface area contributed by atoms with Crippen molar-refractivity contribution in [1.29, 1.82) is 0 Å². The van der Waals surface area contributed by atoms with Gasteiger partial charge in [0.05, 0.1) is 12.1 Å². The Morgan fingerprint density at radius 3 is 2.92 bits per heavy atom. The van der Waals surface area contributed by atoms with Crippen molar-refractivity contribution in [2.45, 2.75) is 19.9 Å². The van der Waals surface area contributed by atoms with Gasteiger partial charge in [0, 0.05) is 50.9 Å². The Morgan fingerprint density at radius 2 is 2.12 bits per heavy atom. The zero-order chi connectivity index (χ0) is 17.8. The first-order valence-corrected chi connectivity index (χ1v) is 8.31. The summed E-state index contributed by atoms with van der Waals surface area (Å²) in [5.41, 5.74) is 2.49. The largest absolute Gasteiger partial charge is 0.383 e. The van der Waals surface area contributed by atoms with Gasteiger partial charge in [-0.2, -0.15) is 5.10 Å². The molecule has 7 nitrogen and oxygen atoms in total. The predicted molar refractivity (Wildman–Crippen MR) is 95.6 cm³/mol. The van der Waals surface area contributed by atoms with Crippen LogP contribution in [0.3, 0.4) is 0 Å². The van der Waals surface area contributed by atoms with E-state index >= 15 is 0 Å². The fraction of sp³-hybridized carbons (Fsp3) is 0.389. The molecule has 1 aromatic carbocycles. The van der Waals surface area contributed by atoms with Gasteiger partial charge in [-0.3, -0.25) is 9.48 Å². The van der Waals surface area contributed by atoms with Crippen LogP contribution in [-0.2, 0) is 24.8 Å². The Kier molecular flexibility index (Phi) is 5.14. The topological polar surface area (TPSA) is 74.0 Å². The van der Waals surface area contributed by atoms with Crippen LogP contribution in [0.5, 0.6) is 0 Å². The molecule has 0 bridgehead atoms. The van der Waals surface area contributed by atoms with E-state index in [4.69, 9.17) is 4.74 Å². The Balaban J connectivity index is 1.65. The minimum Gasteiger partial charge on any atom is -0.383 e. The molecular formula is C18H23N5O2. The number of fused-ring (bicyclic) bond motifs is 1. The Bertz CT molecular complexity index is 881. The molecule has 2 aromatic heterocycles. The van der Waals surface area contributed by atoms with Crippen LogP contribution in [0.15, 0.2) is 30.5 Å². The number of carbonyl (C=O) groups excluding carboxylic acids is 1. The molecular weight excluding hydrogens is 318 g/mol. The molecule has 0 aliphatic carbocycles. The predicted octanol–water partition coefficient (Wildman–Crippen LogP) is 1.70. The van der Waals surface area contributed by atoms with Crippen LogP contribution >= 0.6 is 0 Å². The molecule has 2 heterocycles. The first kappa shape index (κ1) is 17.2. The molecule has 3 aromatic rings. The SMILES string of the molecule is COCCn1c(C)cnc1CCNC(=O)c1nn(C)c2ccccc12. The number of aryl methyl sites for hydroxylation is 2. The van der Waals surface area contributed by atoms with Crippen molar-refractivity contribution in [3.05, 3.63) is 47.7 Å². The number of aromatic nitrogens is 4. The summed E-state index contributed by atoms with van der Waals surface area (Å²) >= 11 is 0. The summed E-state index contributed by atoms with van der Waals surface area (Å²) in [6, 6.07) is 7.72. The third-order valence-corrected chi connectivity index (χ3v) is 4.26. The second-order valence-corrected chi connectivity index (χ2v) is 5.96. The van der Waals surface area contributed by atoms with E-state index in [1.807, 2.05) is 44.4 Å². The molecule has 3 rings (SSSR count). The summed E-state index contributed by atoms with van der Waals surface area (Å²) in [4.78, 5) is 16.9. The number of hydrogen-bond donors (Lipinski definition) is 1. The lowest BCUT2D eigenvalue weighted by molar-refractivity contribution is 0.0949. The van der Waals surface area contributed by atoms with Crippen LogP contribution in [0.25, 0.3) is 10.9 Å². The van der Waals surface area contributed by atoms with Gasteiger partial charge in [0.1, 0.15) is 5.82 Å². The molecule has 0 saturated carbocycles. The first-order chi connectivity index (χ1) is 12.1. The number of ether oxygens (including phenoxy) is 1. The zero-order valence-electron chi connectivity index (χ0n) is 14.8. The molecule has 0 atom stereocenters. The first-order valence-electron chi connectivity index (χ1n) is 8.31. The average Bonchev–Trinajstić information content (AvgIpc) is 3.14. The molecule has 0 aliphatic rings. The fourth-order valence-electron chi connectivity index (χ4n) is 2.95. The molecule has 132 valence electrons. The van der Waals surface area contributed by atoms with Crippen LogP contribution in [0.4, 0.5) is 0 Å². The molecule has 1 N–H and O–H groups in total. The molecule has 0 saturated heterocycles. The third-order valence-electron chi connectivity index (χ3n) is 4.26. The van der Waals surface area contributed by atoms with E-state index in [0.29, 0.717) is 25.3 Å². The summed E-state index contributed by atoms with van der Waals surface area (Å²) in [6.07, 6.45) is 2.51. The maximum absolute atomic E-state index is 12.5. The van der Waals surface area contributed by atoms with E-state index in [-0.39, 0.29) is 5.91 Å². The van der Waals surface area contributed by atoms with Gasteiger partial charge >= 0.3 is 0 Å². The highest BCUT2D eigenvalue weighted by molar-refractivity contribution is 6.04. The number of nitrogens with zero attached hydrogens (tertiary/aromatic N) is 4. The number of hydrogen-bond acceptors (Lipinski definition) is 4. The van der Waals surface area contributed by atoms with E-state index in [0.717, 1.165) is 29.0 Å². The van der Waals surface area contributed by atoms with Crippen molar-refractivity contribution in [2.75, 3.05) is 20.3 Å². The van der Waals surface area contributed by atoms with Gasteiger partial charge in [0.2, 0.25) is 0 Å². The normalized spacial score (nSPS) is 11.2. The maximum atomic E-state index is 12.5. The average molecular weight is 341 g/mol. The monoisotopic (exact) mass is 341 g/mol. The summed E-state index contributed by atoms with van der Waals surface area (Å²) in [7, 11) is 3.53. The second-order valence-electron chi connectivity index (χ2n) is 5.96. The highest BCUT2D eigenvalue weighted by atomic mass is 16.5. The van der Waals surface area contributed by atoms with Gasteiger partial charge in [-0.15, -0.1) is 0 Å². The lowest BCUT2D eigenvalue weighted by Crippen LogP contribution is -2.27. The van der Waals surface area contributed by atoms with Crippen molar-refractivity contribution in [2.24, 2.45) is 7.05 Å². The molecule has 0 spiro atoms. The number of imidazole rings is 1. The summed E-state index contributed by atoms with van der Waals surface area (Å²) < 4.78 is 8.98. The smallest absolute Gasteiger partial charge is 0.272 e. The number of para-hydroxylation sites is 1. The number of amides is 1. The standard InChI is InChI=1S/C18H23N5O2/c1-13-12-20-16(23(13)10-11-25-3)8-9-19-18(24)17-14-6-4-5-7-15(14)22(2)21-17/h4-7,12H,8-11H2,1-3H3,(H,19,24). The van der Waals surface area contributed by atoms with E-state index in [9.17, 15) is 4.79 Å². The van der Waals surface area contributed by atoms with Gasteiger partial charge in [0.15, 0.2) is 5.69 Å². The minimum absolute atomic E-state index is 0.163. The molecule has 7 heteroatoms. The lowest BCUT2D eigenvalue weighted by Gasteiger charge is -2.10. The van der Waals surface area contributed by atoms with Crippen LogP contribution in [0.1, 0.15) is 22.0 Å². The third kappa shape index (κ3) is 3.56. The Labute approximate surface area is 146 Å². The molecule has 25 heavy (non-hydrogen) atoms. The highest BCUT2D eigenvalue weighted by Gasteiger charge is 2.15. The molecule has 0 aliphatic heterocycles. The summed E-state index contributed by atoms with van der Waals surface area (Å²) in [5, 5.41) is 8.15. The molecule has 0 radical (unpaired) electrons. The highest BCUT2D eigenvalue weighted by Crippen LogP contribution is 2.17. The molecule has 1 amide bonds. The van der Waals surface area contributed by atoms with E-state index in [1.54, 1.807) is 11.8 Å².